The van der Waals surface area contributed by atoms with Gasteiger partial charge in [0, 0.05) is 163 Å². The molecule has 0 radical (unpaired) electrons. The summed E-state index contributed by atoms with van der Waals surface area (Å²) in [4.78, 5) is 143. The van der Waals surface area contributed by atoms with Crippen LogP contribution in [-0.4, -0.2) is 190 Å². The molecule has 33 heteroatoms. The molecule has 9 fully saturated rings. The van der Waals surface area contributed by atoms with E-state index < -0.39 is 124 Å². The van der Waals surface area contributed by atoms with E-state index in [-0.39, 0.29) is 148 Å². The summed E-state index contributed by atoms with van der Waals surface area (Å²) in [6, 6.07) is 19.1. The molecule has 3 aromatic carbocycles. The summed E-state index contributed by atoms with van der Waals surface area (Å²) in [5.74, 6) is -11.4. The fourth-order valence-electron chi connectivity index (χ4n) is 19.2. The van der Waals surface area contributed by atoms with Crippen LogP contribution in [0.4, 0.5) is 30.2 Å². The first kappa shape index (κ1) is 84.2. The summed E-state index contributed by atoms with van der Waals surface area (Å²) in [5, 5.41) is 29.4. The highest BCUT2D eigenvalue weighted by Crippen LogP contribution is 2.61. The van der Waals surface area contributed by atoms with Crippen LogP contribution >= 0.6 is 12.1 Å². The van der Waals surface area contributed by atoms with E-state index >= 15 is 0 Å². The fraction of sp³-hybridized carbons (Fsp3) is 0.561. The number of likely N-dealkylation sites (tertiary alicyclic amines) is 3. The molecule has 6 heterocycles. The molecule has 6 aromatic rings. The van der Waals surface area contributed by atoms with Crippen molar-refractivity contribution in [2.45, 2.75) is 208 Å². The van der Waals surface area contributed by atoms with Crippen LogP contribution < -0.4 is 35.9 Å². The summed E-state index contributed by atoms with van der Waals surface area (Å²) < 4.78 is 110. The lowest BCUT2D eigenvalue weighted by Crippen LogP contribution is -2.53. The largest absolute Gasteiger partial charge is 0.496 e. The van der Waals surface area contributed by atoms with Crippen molar-refractivity contribution >= 4 is 104 Å². The second-order valence-corrected chi connectivity index (χ2v) is 33.1. The highest BCUT2D eigenvalue weighted by Gasteiger charge is 2.65. The van der Waals surface area contributed by atoms with Gasteiger partial charge in [-0.2, -0.15) is 14.4 Å². The molecule has 6 aliphatic carbocycles. The van der Waals surface area contributed by atoms with Crippen molar-refractivity contribution in [2.75, 3.05) is 47.2 Å². The Bertz CT molecular complexity index is 4600. The van der Waals surface area contributed by atoms with E-state index in [9.17, 15) is 88.7 Å². The van der Waals surface area contributed by atoms with Crippen LogP contribution in [0.15, 0.2) is 72.8 Å². The van der Waals surface area contributed by atoms with Gasteiger partial charge in [-0.1, -0.05) is 37.5 Å². The second kappa shape index (κ2) is 34.3. The van der Waals surface area contributed by atoms with Crippen molar-refractivity contribution in [1.82, 2.24) is 45.6 Å². The zero-order valence-electron chi connectivity index (χ0n) is 64.4. The van der Waals surface area contributed by atoms with Gasteiger partial charge in [0.1, 0.15) is 87.9 Å². The summed E-state index contributed by atoms with van der Waals surface area (Å²) >= 11 is 0.250. The smallest absolute Gasteiger partial charge is 0.271 e. The standard InChI is InChI=1S/C27H32F2N4O5.2C27H30F2N4O4.CH3FS/c1-38-22-8-4-6-17-16(22)10-19(31-17)25(37)33-14-26(12-27(28,29)13-26)11-20(33)24(36)32-18(23(30)35)9-15-5-2-3-7-21(15)34;2*1-37-23-8-4-6-19-18(23)10-20(32-19)25(36)33-15-26(13-27(28,29)14-26)11-21(33)24(35)31-17(12-30)9-16-5-2-3-7-22(16)34;1-3-2/h4,6,8,10,15,18,20,31H,2-3,5,7,9,11-14H2,1H3,(H2,30,35)(H,32,36);2*4,6,8,10,16-17,21,32H,2-3,5,7,9,11,13-15H2,1H3,(H,31,35);1H3/t15-,18-,20?;2*16-,17-,21?;/m000./s1. The molecule has 9 atom stereocenters. The van der Waals surface area contributed by atoms with Crippen LogP contribution in [0.5, 0.6) is 17.2 Å². The number of nitrogens with two attached hydrogens (primary N) is 1. The van der Waals surface area contributed by atoms with Gasteiger partial charge in [-0.05, 0) is 132 Å². The fourth-order valence-corrected chi connectivity index (χ4v) is 19.2. The number of amides is 7. The van der Waals surface area contributed by atoms with Gasteiger partial charge in [0.05, 0.1) is 33.5 Å². The number of nitriles is 2. The molecule has 3 saturated heterocycles. The molecule has 3 aliphatic heterocycles. The molecule has 15 rings (SSSR count). The predicted octanol–water partition coefficient (Wildman–Crippen LogP) is 12.1. The molecule has 0 bridgehead atoms. The number of nitrogens with one attached hydrogen (secondary N) is 6. The molecule has 6 saturated carbocycles. The highest BCUT2D eigenvalue weighted by molar-refractivity contribution is 7.93. The summed E-state index contributed by atoms with van der Waals surface area (Å²) in [7, 11) is 4.56. The number of primary amides is 1. The van der Waals surface area contributed by atoms with Crippen molar-refractivity contribution in [2.24, 2.45) is 39.7 Å². The maximum Gasteiger partial charge on any atom is 0.271 e. The number of methoxy groups -OCH3 is 3. The molecule has 25 nitrogen and oxygen atoms in total. The van der Waals surface area contributed by atoms with Crippen LogP contribution in [0.2, 0.25) is 0 Å². The van der Waals surface area contributed by atoms with E-state index in [1.54, 1.807) is 72.8 Å². The first-order valence-electron chi connectivity index (χ1n) is 39.0. The third-order valence-electron chi connectivity index (χ3n) is 24.4. The first-order chi connectivity index (χ1) is 54.7. The lowest BCUT2D eigenvalue weighted by molar-refractivity contribution is -0.156. The number of ketones is 3. The highest BCUT2D eigenvalue weighted by atomic mass is 32.2. The minimum atomic E-state index is -2.84. The molecule has 8 N–H and O–H groups in total. The lowest BCUT2D eigenvalue weighted by Gasteiger charge is -2.44. The Hall–Kier alpha value is -10.2. The SMILES string of the molecule is COc1cccc2[nH]c(C(=O)N3CC4(CC3C(=O)N[C@@H](C[C@@H]3CCCCC3=O)C(N)=O)CC(F)(F)C4)cc12.COc1cccc2[nH]c(C(=O)N3CC4(CC3C(=O)N[C@H](C#N)C[C@@H]3CCCCC3=O)CC(F)(F)C4)cc12.COc1cccc2[nH]c(C(=O)N3CC4(CC3C(=O)N[C@H](C#N)C[C@@H]3CCCCC3=O)CC(F)(F)C4)cc12.CSF. The Kier molecular flexibility index (Phi) is 25.1. The van der Waals surface area contributed by atoms with Crippen molar-refractivity contribution < 1.29 is 92.4 Å². The third kappa shape index (κ3) is 18.6. The number of nitrogens with zero attached hydrogens (tertiary/aromatic N) is 5. The number of carbonyl (C=O) groups is 10. The molecular formula is C82H95F7N12O13S. The minimum absolute atomic E-state index is 0.00560. The Labute approximate surface area is 663 Å². The molecule has 3 unspecified atom stereocenters. The molecule has 3 spiro atoms. The van der Waals surface area contributed by atoms with Gasteiger partial charge in [-0.25, -0.2) is 26.3 Å². The number of H-pyrrole nitrogens is 3. The zero-order chi connectivity index (χ0) is 82.7. The van der Waals surface area contributed by atoms with Gasteiger partial charge in [0.25, 0.3) is 17.7 Å². The number of alkyl halides is 6. The third-order valence-corrected chi connectivity index (χ3v) is 24.4. The predicted molar refractivity (Wildman–Crippen MR) is 408 cm³/mol. The molecule has 115 heavy (non-hydrogen) atoms. The number of carbonyl (C=O) groups excluding carboxylic acids is 10. The lowest BCUT2D eigenvalue weighted by atomic mass is 9.65. The Morgan fingerprint density at radius 1 is 0.496 bits per heavy atom. The first-order valence-corrected chi connectivity index (χ1v) is 40.1. The van der Waals surface area contributed by atoms with Gasteiger partial charge >= 0.3 is 0 Å². The number of hydrogen-bond donors (Lipinski definition) is 7. The average molecular weight is 1620 g/mol. The minimum Gasteiger partial charge on any atom is -0.496 e. The summed E-state index contributed by atoms with van der Waals surface area (Å²) in [5.41, 5.74) is 5.66. The molecule has 3 aromatic heterocycles. The summed E-state index contributed by atoms with van der Waals surface area (Å²) in [6.07, 6.45) is 8.31. The number of Topliss-reactive ketones (excluding diaryl/α,β-unsaturated/α-hetero) is 3. The van der Waals surface area contributed by atoms with E-state index in [4.69, 9.17) is 19.9 Å². The maximum absolute atomic E-state index is 13.9. The van der Waals surface area contributed by atoms with Crippen molar-refractivity contribution in [3.63, 3.8) is 0 Å². The van der Waals surface area contributed by atoms with Crippen molar-refractivity contribution in [1.29, 1.82) is 10.5 Å². The zero-order valence-corrected chi connectivity index (χ0v) is 65.2. The van der Waals surface area contributed by atoms with E-state index in [1.807, 2.05) is 0 Å². The molecular weight excluding hydrogens is 1530 g/mol. The molecule has 9 aliphatic rings. The van der Waals surface area contributed by atoms with E-state index in [1.165, 1.54) is 42.3 Å². The number of ether oxygens (including phenoxy) is 3. The quantitative estimate of drug-likeness (QED) is 0.0370. The number of benzene rings is 3. The molecule has 616 valence electrons. The van der Waals surface area contributed by atoms with E-state index in [0.717, 1.165) is 38.5 Å². The second-order valence-electron chi connectivity index (χ2n) is 32.8. The maximum atomic E-state index is 13.9. The van der Waals surface area contributed by atoms with Gasteiger partial charge in [-0.15, -0.1) is 0 Å². The van der Waals surface area contributed by atoms with Crippen LogP contribution in [-0.2, 0) is 33.6 Å². The number of aromatic nitrogens is 3. The van der Waals surface area contributed by atoms with E-state index in [2.05, 4.69) is 43.0 Å². The summed E-state index contributed by atoms with van der Waals surface area (Å²) in [6.45, 7) is 0.0586. The normalized spacial score (nSPS) is 24.4. The van der Waals surface area contributed by atoms with Crippen molar-refractivity contribution in [3.8, 4) is 29.4 Å². The number of halogens is 7. The van der Waals surface area contributed by atoms with Crippen LogP contribution in [0.25, 0.3) is 32.7 Å². The average Bonchev–Trinajstić information content (AvgIpc) is 1.59. The van der Waals surface area contributed by atoms with Crippen LogP contribution in [0.1, 0.15) is 186 Å². The van der Waals surface area contributed by atoms with E-state index in [0.29, 0.717) is 88.5 Å². The number of hydrogen-bond acceptors (Lipinski definition) is 16. The Balaban J connectivity index is 0.000000156. The molecule has 7 amide bonds. The Morgan fingerprint density at radius 2 is 0.783 bits per heavy atom. The number of aromatic amines is 3. The van der Waals surface area contributed by atoms with Gasteiger partial charge in [0.15, 0.2) is 0 Å². The van der Waals surface area contributed by atoms with Gasteiger partial charge in [0.2, 0.25) is 41.4 Å². The number of fused-ring (bicyclic) bond motifs is 3. The van der Waals surface area contributed by atoms with Gasteiger partial charge < -0.3 is 65.5 Å². The monoisotopic (exact) mass is 1620 g/mol. The number of rotatable bonds is 19. The van der Waals surface area contributed by atoms with Crippen molar-refractivity contribution in [3.05, 3.63) is 89.9 Å². The van der Waals surface area contributed by atoms with Gasteiger partial charge in [-0.3, -0.25) is 47.9 Å². The van der Waals surface area contributed by atoms with Crippen LogP contribution in [0.3, 0.4) is 0 Å². The van der Waals surface area contributed by atoms with Crippen LogP contribution in [0, 0.1) is 56.7 Å². The topological polar surface area (TPSA) is 365 Å². The Morgan fingerprint density at radius 3 is 1.04 bits per heavy atom.